The van der Waals surface area contributed by atoms with Gasteiger partial charge in [-0.25, -0.2) is 4.98 Å². The Morgan fingerprint density at radius 1 is 1.56 bits per heavy atom. The lowest BCUT2D eigenvalue weighted by Gasteiger charge is -2.10. The van der Waals surface area contributed by atoms with Crippen LogP contribution in [-0.2, 0) is 4.74 Å². The molecule has 0 aromatic carbocycles. The number of aromatic nitrogens is 1. The van der Waals surface area contributed by atoms with Crippen LogP contribution in [0.1, 0.15) is 30.1 Å². The van der Waals surface area contributed by atoms with Gasteiger partial charge in [0.1, 0.15) is 5.82 Å². The molecule has 1 aromatic heterocycles. The number of pyridine rings is 1. The largest absolute Gasteiger partial charge is 0.379 e. The molecule has 98 valence electrons. The zero-order valence-corrected chi connectivity index (χ0v) is 10.6. The molecule has 0 bridgehead atoms. The van der Waals surface area contributed by atoms with Gasteiger partial charge in [-0.15, -0.1) is 0 Å². The molecule has 0 spiro atoms. The van der Waals surface area contributed by atoms with Gasteiger partial charge in [0.2, 0.25) is 0 Å². The predicted octanol–water partition coefficient (Wildman–Crippen LogP) is 1.42. The zero-order chi connectivity index (χ0) is 12.8. The number of ether oxygens (including phenoxy) is 1. The lowest BCUT2D eigenvalue weighted by atomic mass is 10.2. The molecular formula is C13H19N3O2. The van der Waals surface area contributed by atoms with E-state index in [2.05, 4.69) is 22.5 Å². The van der Waals surface area contributed by atoms with Crippen LogP contribution in [0.25, 0.3) is 0 Å². The Morgan fingerprint density at radius 3 is 3.06 bits per heavy atom. The summed E-state index contributed by atoms with van der Waals surface area (Å²) >= 11 is 0. The molecule has 0 radical (unpaired) electrons. The smallest absolute Gasteiger partial charge is 0.253 e. The van der Waals surface area contributed by atoms with Gasteiger partial charge in [0, 0.05) is 19.3 Å². The van der Waals surface area contributed by atoms with Crippen LogP contribution in [0.5, 0.6) is 0 Å². The Kier molecular flexibility index (Phi) is 4.52. The van der Waals surface area contributed by atoms with E-state index >= 15 is 0 Å². The first-order valence-electron chi connectivity index (χ1n) is 6.38. The summed E-state index contributed by atoms with van der Waals surface area (Å²) in [5.74, 6) is 0.720. The lowest BCUT2D eigenvalue weighted by Crippen LogP contribution is -2.35. The van der Waals surface area contributed by atoms with Crippen molar-refractivity contribution < 1.29 is 9.53 Å². The normalized spacial score (nSPS) is 18.6. The molecule has 1 saturated heterocycles. The topological polar surface area (TPSA) is 63.2 Å². The molecule has 1 aliphatic rings. The van der Waals surface area contributed by atoms with Gasteiger partial charge in [0.05, 0.1) is 18.2 Å². The fraction of sp³-hybridized carbons (Fsp3) is 0.538. The summed E-state index contributed by atoms with van der Waals surface area (Å²) < 4.78 is 5.22. The van der Waals surface area contributed by atoms with Crippen LogP contribution in [0.15, 0.2) is 18.3 Å². The Morgan fingerprint density at radius 2 is 2.44 bits per heavy atom. The highest BCUT2D eigenvalue weighted by molar-refractivity contribution is 5.94. The summed E-state index contributed by atoms with van der Waals surface area (Å²) in [6.07, 6.45) is 3.53. The molecule has 0 aliphatic carbocycles. The third-order valence-corrected chi connectivity index (χ3v) is 2.85. The average molecular weight is 249 g/mol. The SMILES string of the molecule is CCCNc1ccc(C(=O)NC2CCOC2)cn1. The quantitative estimate of drug-likeness (QED) is 0.828. The standard InChI is InChI=1S/C13H19N3O2/c1-2-6-14-12-4-3-10(8-15-12)13(17)16-11-5-7-18-9-11/h3-4,8,11H,2,5-7,9H2,1H3,(H,14,15)(H,16,17). The van der Waals surface area contributed by atoms with E-state index in [9.17, 15) is 4.79 Å². The number of rotatable bonds is 5. The first-order valence-corrected chi connectivity index (χ1v) is 6.38. The van der Waals surface area contributed by atoms with Crippen LogP contribution >= 0.6 is 0 Å². The zero-order valence-electron chi connectivity index (χ0n) is 10.6. The molecule has 1 fully saturated rings. The highest BCUT2D eigenvalue weighted by Gasteiger charge is 2.18. The molecule has 2 rings (SSSR count). The Hall–Kier alpha value is -1.62. The average Bonchev–Trinajstić information content (AvgIpc) is 2.89. The van der Waals surface area contributed by atoms with Gasteiger partial charge < -0.3 is 15.4 Å². The van der Waals surface area contributed by atoms with Gasteiger partial charge in [-0.3, -0.25) is 4.79 Å². The summed E-state index contributed by atoms with van der Waals surface area (Å²) in [6, 6.07) is 3.75. The fourth-order valence-corrected chi connectivity index (χ4v) is 1.80. The first-order chi connectivity index (χ1) is 8.79. The number of carbonyl (C=O) groups is 1. The molecule has 1 atom stereocenters. The Bertz CT molecular complexity index is 386. The van der Waals surface area contributed by atoms with Crippen LogP contribution in [0.3, 0.4) is 0 Å². The predicted molar refractivity (Wildman–Crippen MR) is 69.7 cm³/mol. The van der Waals surface area contributed by atoms with Crippen molar-refractivity contribution in [2.24, 2.45) is 0 Å². The Labute approximate surface area is 107 Å². The number of nitrogens with one attached hydrogen (secondary N) is 2. The summed E-state index contributed by atoms with van der Waals surface area (Å²) in [6.45, 7) is 4.31. The van der Waals surface area contributed by atoms with E-state index < -0.39 is 0 Å². The van der Waals surface area contributed by atoms with E-state index in [0.29, 0.717) is 12.2 Å². The second-order valence-corrected chi connectivity index (χ2v) is 4.39. The maximum atomic E-state index is 11.9. The minimum absolute atomic E-state index is 0.0833. The van der Waals surface area contributed by atoms with Crippen molar-refractivity contribution in [2.75, 3.05) is 25.1 Å². The van der Waals surface area contributed by atoms with Gasteiger partial charge in [0.25, 0.3) is 5.91 Å². The van der Waals surface area contributed by atoms with Gasteiger partial charge in [-0.2, -0.15) is 0 Å². The molecule has 5 heteroatoms. The fourth-order valence-electron chi connectivity index (χ4n) is 1.80. The summed E-state index contributed by atoms with van der Waals surface area (Å²) in [5, 5.41) is 6.10. The molecule has 1 aromatic rings. The molecule has 0 saturated carbocycles. The third kappa shape index (κ3) is 3.43. The van der Waals surface area contributed by atoms with Crippen molar-refractivity contribution in [1.29, 1.82) is 0 Å². The van der Waals surface area contributed by atoms with E-state index in [0.717, 1.165) is 31.8 Å². The number of carbonyl (C=O) groups excluding carboxylic acids is 1. The molecule has 5 nitrogen and oxygen atoms in total. The number of hydrogen-bond donors (Lipinski definition) is 2. The van der Waals surface area contributed by atoms with E-state index in [-0.39, 0.29) is 11.9 Å². The maximum absolute atomic E-state index is 11.9. The van der Waals surface area contributed by atoms with Crippen LogP contribution in [0.4, 0.5) is 5.82 Å². The molecule has 2 heterocycles. The summed E-state index contributed by atoms with van der Waals surface area (Å²) in [7, 11) is 0. The molecule has 1 amide bonds. The second kappa shape index (κ2) is 6.35. The van der Waals surface area contributed by atoms with E-state index in [4.69, 9.17) is 4.74 Å². The van der Waals surface area contributed by atoms with Crippen molar-refractivity contribution in [2.45, 2.75) is 25.8 Å². The molecule has 18 heavy (non-hydrogen) atoms. The molecule has 1 aliphatic heterocycles. The van der Waals surface area contributed by atoms with E-state index in [1.165, 1.54) is 0 Å². The summed E-state index contributed by atoms with van der Waals surface area (Å²) in [4.78, 5) is 16.1. The van der Waals surface area contributed by atoms with Crippen molar-refractivity contribution in [3.05, 3.63) is 23.9 Å². The minimum atomic E-state index is -0.0833. The number of anilines is 1. The van der Waals surface area contributed by atoms with Crippen molar-refractivity contribution in [3.8, 4) is 0 Å². The summed E-state index contributed by atoms with van der Waals surface area (Å²) in [5.41, 5.74) is 0.587. The first kappa shape index (κ1) is 12.8. The number of hydrogen-bond acceptors (Lipinski definition) is 4. The second-order valence-electron chi connectivity index (χ2n) is 4.39. The van der Waals surface area contributed by atoms with Gasteiger partial charge >= 0.3 is 0 Å². The Balaban J connectivity index is 1.89. The van der Waals surface area contributed by atoms with Crippen molar-refractivity contribution in [3.63, 3.8) is 0 Å². The van der Waals surface area contributed by atoms with Crippen molar-refractivity contribution >= 4 is 11.7 Å². The maximum Gasteiger partial charge on any atom is 0.253 e. The molecule has 1 unspecified atom stereocenters. The molecule has 2 N–H and O–H groups in total. The van der Waals surface area contributed by atoms with Gasteiger partial charge in [-0.1, -0.05) is 6.92 Å². The van der Waals surface area contributed by atoms with Crippen LogP contribution in [-0.4, -0.2) is 36.7 Å². The lowest BCUT2D eigenvalue weighted by molar-refractivity contribution is 0.0929. The van der Waals surface area contributed by atoms with Crippen LogP contribution in [0, 0.1) is 0 Å². The minimum Gasteiger partial charge on any atom is -0.379 e. The highest BCUT2D eigenvalue weighted by Crippen LogP contribution is 2.08. The highest BCUT2D eigenvalue weighted by atomic mass is 16.5. The third-order valence-electron chi connectivity index (χ3n) is 2.85. The van der Waals surface area contributed by atoms with Crippen LogP contribution in [0.2, 0.25) is 0 Å². The monoisotopic (exact) mass is 249 g/mol. The van der Waals surface area contributed by atoms with Crippen molar-refractivity contribution in [1.82, 2.24) is 10.3 Å². The van der Waals surface area contributed by atoms with Crippen LogP contribution < -0.4 is 10.6 Å². The van der Waals surface area contributed by atoms with Gasteiger partial charge in [0.15, 0.2) is 0 Å². The molecular weight excluding hydrogens is 230 g/mol. The van der Waals surface area contributed by atoms with Gasteiger partial charge in [-0.05, 0) is 25.0 Å². The number of nitrogens with zero attached hydrogens (tertiary/aromatic N) is 1. The van der Waals surface area contributed by atoms with E-state index in [1.54, 1.807) is 12.3 Å². The number of amides is 1. The van der Waals surface area contributed by atoms with E-state index in [1.807, 2.05) is 6.07 Å².